The first kappa shape index (κ1) is 24.9. The normalized spacial score (nSPS) is 15.1. The van der Waals surface area contributed by atoms with Crippen molar-refractivity contribution in [3.8, 4) is 5.75 Å². The van der Waals surface area contributed by atoms with Crippen LogP contribution in [-0.2, 0) is 11.2 Å². The first-order valence-corrected chi connectivity index (χ1v) is 12.9. The first-order chi connectivity index (χ1) is 16.9. The molecular weight excluding hydrogens is 463 g/mol. The van der Waals surface area contributed by atoms with Crippen molar-refractivity contribution in [2.45, 2.75) is 39.2 Å². The number of rotatable bonds is 8. The Morgan fingerprint density at radius 2 is 1.94 bits per heavy atom. The van der Waals surface area contributed by atoms with Crippen LogP contribution in [0.15, 0.2) is 60.0 Å². The lowest BCUT2D eigenvalue weighted by molar-refractivity contribution is -0.135. The third-order valence-corrected chi connectivity index (χ3v) is 7.43. The van der Waals surface area contributed by atoms with E-state index in [4.69, 9.17) is 4.74 Å². The fourth-order valence-electron chi connectivity index (χ4n) is 4.38. The smallest absolute Gasteiger partial charge is 0.254 e. The SMILES string of the molecule is CCN(CC(=O)N1CCc2sccc2[C@@H]1COc1ccc(C(C)C)cc1)C(=O)c1cccc(F)c1. The fourth-order valence-corrected chi connectivity index (χ4v) is 5.31. The molecule has 2 aromatic carbocycles. The van der Waals surface area contributed by atoms with Gasteiger partial charge in [0.25, 0.3) is 5.91 Å². The van der Waals surface area contributed by atoms with E-state index in [1.807, 2.05) is 24.0 Å². The van der Waals surface area contributed by atoms with Crippen molar-refractivity contribution in [2.75, 3.05) is 26.2 Å². The van der Waals surface area contributed by atoms with Gasteiger partial charge < -0.3 is 14.5 Å². The monoisotopic (exact) mass is 494 g/mol. The second kappa shape index (κ2) is 11.0. The van der Waals surface area contributed by atoms with E-state index < -0.39 is 5.82 Å². The third kappa shape index (κ3) is 5.73. The molecule has 0 N–H and O–H groups in total. The maximum atomic E-state index is 13.6. The number of fused-ring (bicyclic) bond motifs is 1. The summed E-state index contributed by atoms with van der Waals surface area (Å²) in [5.74, 6) is 0.239. The van der Waals surface area contributed by atoms with E-state index in [2.05, 4.69) is 37.4 Å². The van der Waals surface area contributed by atoms with Crippen molar-refractivity contribution in [3.05, 3.63) is 87.4 Å². The minimum absolute atomic E-state index is 0.0646. The molecule has 7 heteroatoms. The average molecular weight is 495 g/mol. The highest BCUT2D eigenvalue weighted by molar-refractivity contribution is 7.10. The van der Waals surface area contributed by atoms with Gasteiger partial charge in [0, 0.05) is 23.5 Å². The van der Waals surface area contributed by atoms with Crippen molar-refractivity contribution in [1.29, 1.82) is 0 Å². The molecule has 5 nitrogen and oxygen atoms in total. The molecule has 0 spiro atoms. The third-order valence-electron chi connectivity index (χ3n) is 6.44. The van der Waals surface area contributed by atoms with Gasteiger partial charge in [0.05, 0.1) is 6.04 Å². The van der Waals surface area contributed by atoms with Crippen LogP contribution in [0.3, 0.4) is 0 Å². The summed E-state index contributed by atoms with van der Waals surface area (Å²) in [6.45, 7) is 7.31. The van der Waals surface area contributed by atoms with E-state index in [0.29, 0.717) is 25.6 Å². The van der Waals surface area contributed by atoms with Gasteiger partial charge in [-0.2, -0.15) is 0 Å². The molecule has 1 aliphatic heterocycles. The maximum absolute atomic E-state index is 13.6. The van der Waals surface area contributed by atoms with Gasteiger partial charge in [-0.1, -0.05) is 32.0 Å². The van der Waals surface area contributed by atoms with Gasteiger partial charge in [-0.3, -0.25) is 9.59 Å². The number of likely N-dealkylation sites (N-methyl/N-ethyl adjacent to an activating group) is 1. The quantitative estimate of drug-likeness (QED) is 0.405. The molecule has 1 atom stereocenters. The summed E-state index contributed by atoms with van der Waals surface area (Å²) in [6.07, 6.45) is 0.780. The molecule has 0 bridgehead atoms. The Morgan fingerprint density at radius 3 is 2.63 bits per heavy atom. The van der Waals surface area contributed by atoms with Crippen LogP contribution in [0.25, 0.3) is 0 Å². The number of thiophene rings is 1. The Kier molecular flexibility index (Phi) is 7.86. The zero-order chi connectivity index (χ0) is 24.9. The largest absolute Gasteiger partial charge is 0.491 e. The molecule has 0 radical (unpaired) electrons. The molecule has 3 aromatic rings. The van der Waals surface area contributed by atoms with Gasteiger partial charge in [0.15, 0.2) is 0 Å². The van der Waals surface area contributed by atoms with Gasteiger partial charge in [-0.05, 0) is 72.2 Å². The van der Waals surface area contributed by atoms with Crippen molar-refractivity contribution in [1.82, 2.24) is 9.80 Å². The number of hydrogen-bond donors (Lipinski definition) is 0. The number of carbonyl (C=O) groups is 2. The van der Waals surface area contributed by atoms with Gasteiger partial charge in [-0.25, -0.2) is 4.39 Å². The second-order valence-electron chi connectivity index (χ2n) is 9.02. The van der Waals surface area contributed by atoms with Gasteiger partial charge in [0.2, 0.25) is 5.91 Å². The Bertz CT molecular complexity index is 1170. The van der Waals surface area contributed by atoms with E-state index in [1.165, 1.54) is 33.5 Å². The standard InChI is InChI=1S/C28H31FN2O3S/c1-4-30(28(33)21-6-5-7-22(29)16-21)17-27(32)31-14-12-26-24(13-15-35-26)25(31)18-34-23-10-8-20(9-11-23)19(2)3/h5-11,13,15-16,19,25H,4,12,14,17-18H2,1-3H3/t25-/m0/s1. The van der Waals surface area contributed by atoms with Gasteiger partial charge in [-0.15, -0.1) is 11.3 Å². The van der Waals surface area contributed by atoms with Crippen LogP contribution in [0.4, 0.5) is 4.39 Å². The highest BCUT2D eigenvalue weighted by atomic mass is 32.1. The number of halogens is 1. The number of ether oxygens (including phenoxy) is 1. The fraction of sp³-hybridized carbons (Fsp3) is 0.357. The Hall–Kier alpha value is -3.19. The highest BCUT2D eigenvalue weighted by Gasteiger charge is 2.33. The Morgan fingerprint density at radius 1 is 1.17 bits per heavy atom. The van der Waals surface area contributed by atoms with Crippen LogP contribution < -0.4 is 4.74 Å². The van der Waals surface area contributed by atoms with Crippen LogP contribution in [0.2, 0.25) is 0 Å². The maximum Gasteiger partial charge on any atom is 0.254 e. The van der Waals surface area contributed by atoms with Crippen LogP contribution in [0, 0.1) is 5.82 Å². The second-order valence-corrected chi connectivity index (χ2v) is 10.0. The molecule has 0 saturated carbocycles. The van der Waals surface area contributed by atoms with Crippen molar-refractivity contribution in [3.63, 3.8) is 0 Å². The van der Waals surface area contributed by atoms with E-state index in [1.54, 1.807) is 17.4 Å². The molecule has 0 saturated heterocycles. The lowest BCUT2D eigenvalue weighted by Gasteiger charge is -2.37. The summed E-state index contributed by atoms with van der Waals surface area (Å²) < 4.78 is 19.8. The van der Waals surface area contributed by atoms with Crippen molar-refractivity contribution < 1.29 is 18.7 Å². The predicted molar refractivity (Wildman–Crippen MR) is 136 cm³/mol. The molecular formula is C28H31FN2O3S. The topological polar surface area (TPSA) is 49.9 Å². The Balaban J connectivity index is 1.49. The molecule has 0 unspecified atom stereocenters. The van der Waals surface area contributed by atoms with Crippen LogP contribution >= 0.6 is 11.3 Å². The average Bonchev–Trinajstić information content (AvgIpc) is 3.34. The van der Waals surface area contributed by atoms with E-state index in [-0.39, 0.29) is 30.0 Å². The summed E-state index contributed by atoms with van der Waals surface area (Å²) >= 11 is 1.70. The lowest BCUT2D eigenvalue weighted by atomic mass is 10.00. The lowest BCUT2D eigenvalue weighted by Crippen LogP contribution is -2.47. The number of carbonyl (C=O) groups excluding carboxylic acids is 2. The number of amides is 2. The van der Waals surface area contributed by atoms with Crippen molar-refractivity contribution >= 4 is 23.2 Å². The minimum Gasteiger partial charge on any atom is -0.491 e. The molecule has 4 rings (SSSR count). The van der Waals surface area contributed by atoms with Gasteiger partial charge in [0.1, 0.15) is 24.7 Å². The number of benzene rings is 2. The summed E-state index contributed by atoms with van der Waals surface area (Å²) in [5.41, 5.74) is 2.59. The van der Waals surface area contributed by atoms with E-state index in [9.17, 15) is 14.0 Å². The molecule has 2 heterocycles. The Labute approximate surface area is 210 Å². The summed E-state index contributed by atoms with van der Waals surface area (Å²) in [5, 5.41) is 2.05. The van der Waals surface area contributed by atoms with Crippen LogP contribution in [0.1, 0.15) is 59.1 Å². The first-order valence-electron chi connectivity index (χ1n) is 12.0. The molecule has 35 heavy (non-hydrogen) atoms. The molecule has 1 aromatic heterocycles. The van der Waals surface area contributed by atoms with Crippen LogP contribution in [-0.4, -0.2) is 47.9 Å². The molecule has 1 aliphatic rings. The zero-order valence-electron chi connectivity index (χ0n) is 20.4. The van der Waals surface area contributed by atoms with Crippen molar-refractivity contribution in [2.24, 2.45) is 0 Å². The predicted octanol–water partition coefficient (Wildman–Crippen LogP) is 5.68. The highest BCUT2D eigenvalue weighted by Crippen LogP contribution is 2.34. The summed E-state index contributed by atoms with van der Waals surface area (Å²) in [6, 6.07) is 15.5. The number of nitrogens with zero attached hydrogens (tertiary/aromatic N) is 2. The summed E-state index contributed by atoms with van der Waals surface area (Å²) in [4.78, 5) is 30.9. The van der Waals surface area contributed by atoms with Crippen LogP contribution in [0.5, 0.6) is 5.75 Å². The number of hydrogen-bond acceptors (Lipinski definition) is 4. The molecule has 184 valence electrons. The molecule has 2 amide bonds. The van der Waals surface area contributed by atoms with Gasteiger partial charge >= 0.3 is 0 Å². The van der Waals surface area contributed by atoms with E-state index >= 15 is 0 Å². The molecule has 0 aliphatic carbocycles. The minimum atomic E-state index is -0.474. The molecule has 0 fully saturated rings. The zero-order valence-corrected chi connectivity index (χ0v) is 21.2. The van der Waals surface area contributed by atoms with E-state index in [0.717, 1.165) is 17.7 Å². The summed E-state index contributed by atoms with van der Waals surface area (Å²) in [7, 11) is 0.